The molecule has 5 nitrogen and oxygen atoms in total. The molecule has 0 radical (unpaired) electrons. The van der Waals surface area contributed by atoms with Crippen LogP contribution in [0.2, 0.25) is 0 Å². The second-order valence-electron chi connectivity index (χ2n) is 2.42. The zero-order chi connectivity index (χ0) is 9.84. The van der Waals surface area contributed by atoms with Crippen LogP contribution in [-0.2, 0) is 4.79 Å². The van der Waals surface area contributed by atoms with Crippen LogP contribution in [0.5, 0.6) is 0 Å². The molecule has 0 atom stereocenters. The number of hydrogen-bond acceptors (Lipinski definition) is 4. The third-order valence-electron chi connectivity index (χ3n) is 1.33. The van der Waals surface area contributed by atoms with E-state index in [9.17, 15) is 4.79 Å². The minimum Gasteiger partial charge on any atom is -0.502 e. The zero-order valence-corrected chi connectivity index (χ0v) is 6.93. The molecule has 13 heavy (non-hydrogen) atoms. The van der Waals surface area contributed by atoms with Crippen molar-refractivity contribution in [1.29, 1.82) is 0 Å². The predicted molar refractivity (Wildman–Crippen MR) is 45.0 cm³/mol. The monoisotopic (exact) mass is 180 g/mol. The summed E-state index contributed by atoms with van der Waals surface area (Å²) in [6, 6.07) is 1.57. The van der Waals surface area contributed by atoms with Gasteiger partial charge in [0.05, 0.1) is 5.69 Å². The van der Waals surface area contributed by atoms with Gasteiger partial charge in [-0.15, -0.1) is 0 Å². The van der Waals surface area contributed by atoms with Gasteiger partial charge < -0.3 is 10.2 Å². The van der Waals surface area contributed by atoms with Gasteiger partial charge in [-0.05, 0) is 13.0 Å². The zero-order valence-electron chi connectivity index (χ0n) is 6.93. The number of carboxylic acid groups (broad SMARTS) is 1. The highest BCUT2D eigenvalue weighted by Crippen LogP contribution is 2.02. The number of aliphatic hydroxyl groups excluding tert-OH is 1. The van der Waals surface area contributed by atoms with E-state index in [4.69, 9.17) is 10.2 Å². The van der Waals surface area contributed by atoms with Gasteiger partial charge in [-0.25, -0.2) is 14.8 Å². The first-order valence-electron chi connectivity index (χ1n) is 3.52. The minimum atomic E-state index is -1.38. The third kappa shape index (κ3) is 2.55. The summed E-state index contributed by atoms with van der Waals surface area (Å²) < 4.78 is 0. The summed E-state index contributed by atoms with van der Waals surface area (Å²) in [6.45, 7) is 1.75. The maximum Gasteiger partial charge on any atom is 0.371 e. The topological polar surface area (TPSA) is 83.3 Å². The van der Waals surface area contributed by atoms with Crippen LogP contribution >= 0.6 is 0 Å². The van der Waals surface area contributed by atoms with Crippen molar-refractivity contribution in [1.82, 2.24) is 9.97 Å². The lowest BCUT2D eigenvalue weighted by atomic mass is 10.3. The van der Waals surface area contributed by atoms with Crippen molar-refractivity contribution < 1.29 is 15.0 Å². The molecule has 0 saturated carbocycles. The predicted octanol–water partition coefficient (Wildman–Crippen LogP) is 0.769. The van der Waals surface area contributed by atoms with Gasteiger partial charge in [0, 0.05) is 11.8 Å². The Labute approximate surface area is 74.4 Å². The summed E-state index contributed by atoms with van der Waals surface area (Å²) in [7, 11) is 0. The highest BCUT2D eigenvalue weighted by atomic mass is 16.4. The van der Waals surface area contributed by atoms with Crippen LogP contribution in [0.25, 0.3) is 6.08 Å². The van der Waals surface area contributed by atoms with Gasteiger partial charge >= 0.3 is 5.97 Å². The van der Waals surface area contributed by atoms with Crippen LogP contribution in [0.15, 0.2) is 18.2 Å². The molecule has 0 aliphatic heterocycles. The van der Waals surface area contributed by atoms with E-state index in [1.54, 1.807) is 13.0 Å². The minimum absolute atomic E-state index is 0.368. The van der Waals surface area contributed by atoms with Gasteiger partial charge in [-0.1, -0.05) is 0 Å². The lowest BCUT2D eigenvalue weighted by molar-refractivity contribution is -0.135. The molecule has 0 unspecified atom stereocenters. The Balaban J connectivity index is 2.97. The van der Waals surface area contributed by atoms with E-state index in [1.165, 1.54) is 6.33 Å². The van der Waals surface area contributed by atoms with E-state index in [-0.39, 0.29) is 0 Å². The van der Waals surface area contributed by atoms with Crippen LogP contribution in [0.1, 0.15) is 11.4 Å². The van der Waals surface area contributed by atoms with Crippen LogP contribution in [0, 0.1) is 6.92 Å². The highest BCUT2D eigenvalue weighted by molar-refractivity contribution is 5.88. The number of aryl methyl sites for hydroxylation is 1. The molecule has 2 N–H and O–H groups in total. The quantitative estimate of drug-likeness (QED) is 0.518. The normalized spacial score (nSPS) is 11.3. The Morgan fingerprint density at radius 3 is 2.69 bits per heavy atom. The molecule has 0 aliphatic carbocycles. The lowest BCUT2D eigenvalue weighted by Gasteiger charge is -1.94. The average Bonchev–Trinajstić information content (AvgIpc) is 2.04. The van der Waals surface area contributed by atoms with Gasteiger partial charge in [0.25, 0.3) is 0 Å². The second kappa shape index (κ2) is 3.66. The Morgan fingerprint density at radius 1 is 1.46 bits per heavy atom. The van der Waals surface area contributed by atoms with Crippen molar-refractivity contribution in [3.05, 3.63) is 29.5 Å². The Morgan fingerprint density at radius 2 is 2.15 bits per heavy atom. The van der Waals surface area contributed by atoms with Crippen LogP contribution in [-0.4, -0.2) is 26.2 Å². The molecule has 1 rings (SSSR count). The van der Waals surface area contributed by atoms with Gasteiger partial charge in [0.2, 0.25) is 5.76 Å². The molecule has 0 bridgehead atoms. The van der Waals surface area contributed by atoms with Crippen LogP contribution < -0.4 is 0 Å². The second-order valence-corrected chi connectivity index (χ2v) is 2.42. The van der Waals surface area contributed by atoms with E-state index in [2.05, 4.69) is 9.97 Å². The third-order valence-corrected chi connectivity index (χ3v) is 1.33. The Hall–Kier alpha value is -1.91. The molecular weight excluding hydrogens is 172 g/mol. The standard InChI is InChI=1S/C8H8N2O3/c1-5-2-6(10-4-9-5)3-7(11)8(12)13/h2-4,11H,1H3,(H,12,13)/b7-3-. The van der Waals surface area contributed by atoms with Crippen molar-refractivity contribution >= 4 is 12.0 Å². The van der Waals surface area contributed by atoms with Crippen molar-refractivity contribution in [2.45, 2.75) is 6.92 Å². The maximum atomic E-state index is 10.2. The molecule has 0 saturated heterocycles. The fraction of sp³-hybridized carbons (Fsp3) is 0.125. The first-order valence-corrected chi connectivity index (χ1v) is 3.52. The number of hydrogen-bond donors (Lipinski definition) is 2. The first-order chi connectivity index (χ1) is 6.09. The number of aromatic nitrogens is 2. The van der Waals surface area contributed by atoms with Crippen molar-refractivity contribution in [3.8, 4) is 0 Å². The smallest absolute Gasteiger partial charge is 0.371 e. The SMILES string of the molecule is Cc1cc(/C=C(\O)C(=O)O)ncn1. The lowest BCUT2D eigenvalue weighted by Crippen LogP contribution is -1.99. The molecule has 0 spiro atoms. The fourth-order valence-electron chi connectivity index (χ4n) is 0.756. The molecule has 0 aliphatic rings. The first kappa shape index (κ1) is 9.18. The number of rotatable bonds is 2. The summed E-state index contributed by atoms with van der Waals surface area (Å²) in [5.41, 5.74) is 1.08. The Bertz CT molecular complexity index is 360. The molecule has 68 valence electrons. The van der Waals surface area contributed by atoms with E-state index in [1.807, 2.05) is 0 Å². The van der Waals surface area contributed by atoms with E-state index < -0.39 is 11.7 Å². The summed E-state index contributed by atoms with van der Waals surface area (Å²) in [5, 5.41) is 17.2. The Kier molecular flexibility index (Phi) is 2.59. The number of aliphatic hydroxyl groups is 1. The van der Waals surface area contributed by atoms with Crippen molar-refractivity contribution in [2.75, 3.05) is 0 Å². The molecule has 5 heteroatoms. The molecule has 1 aromatic rings. The van der Waals surface area contributed by atoms with Crippen molar-refractivity contribution in [2.24, 2.45) is 0 Å². The molecule has 0 aromatic carbocycles. The highest BCUT2D eigenvalue weighted by Gasteiger charge is 2.03. The number of nitrogens with zero attached hydrogens (tertiary/aromatic N) is 2. The molecule has 0 amide bonds. The van der Waals surface area contributed by atoms with Gasteiger partial charge in [-0.2, -0.15) is 0 Å². The van der Waals surface area contributed by atoms with E-state index in [0.29, 0.717) is 11.4 Å². The van der Waals surface area contributed by atoms with Gasteiger partial charge in [-0.3, -0.25) is 0 Å². The number of carboxylic acids is 1. The van der Waals surface area contributed by atoms with Crippen molar-refractivity contribution in [3.63, 3.8) is 0 Å². The summed E-state index contributed by atoms with van der Waals surface area (Å²) >= 11 is 0. The number of carbonyl (C=O) groups is 1. The molecular formula is C8H8N2O3. The largest absolute Gasteiger partial charge is 0.502 e. The average molecular weight is 180 g/mol. The van der Waals surface area contributed by atoms with Gasteiger partial charge in [0.15, 0.2) is 0 Å². The van der Waals surface area contributed by atoms with E-state index in [0.717, 1.165) is 6.08 Å². The van der Waals surface area contributed by atoms with Gasteiger partial charge in [0.1, 0.15) is 6.33 Å². The number of aliphatic carboxylic acids is 1. The molecule has 0 fully saturated rings. The fourth-order valence-corrected chi connectivity index (χ4v) is 0.756. The van der Waals surface area contributed by atoms with E-state index >= 15 is 0 Å². The summed E-state index contributed by atoms with van der Waals surface area (Å²) in [4.78, 5) is 17.8. The van der Waals surface area contributed by atoms with Crippen LogP contribution in [0.4, 0.5) is 0 Å². The van der Waals surface area contributed by atoms with Crippen LogP contribution in [0.3, 0.4) is 0 Å². The summed E-state index contributed by atoms with van der Waals surface area (Å²) in [5.74, 6) is -2.12. The molecule has 1 aromatic heterocycles. The molecule has 1 heterocycles. The summed E-state index contributed by atoms with van der Waals surface area (Å²) in [6.07, 6.45) is 2.37. The maximum absolute atomic E-state index is 10.2.